The number of carbonyl (C=O) groups is 1. The van der Waals surface area contributed by atoms with Crippen molar-refractivity contribution < 1.29 is 9.90 Å². The van der Waals surface area contributed by atoms with Crippen LogP contribution < -0.4 is 5.32 Å². The van der Waals surface area contributed by atoms with Crippen LogP contribution >= 0.6 is 0 Å². The Labute approximate surface area is 120 Å². The van der Waals surface area contributed by atoms with Gasteiger partial charge >= 0.3 is 0 Å². The molecule has 0 spiro atoms. The Morgan fingerprint density at radius 1 is 1.10 bits per heavy atom. The number of rotatable bonds is 2. The van der Waals surface area contributed by atoms with E-state index in [1.807, 2.05) is 11.9 Å². The van der Waals surface area contributed by atoms with Crippen molar-refractivity contribution in [2.75, 3.05) is 20.1 Å². The molecule has 2 N–H and O–H groups in total. The second kappa shape index (κ2) is 4.44. The van der Waals surface area contributed by atoms with Crippen molar-refractivity contribution in [2.24, 2.45) is 23.2 Å². The number of nitrogens with zero attached hydrogens (tertiary/aromatic N) is 1. The standard InChI is InChI=1S/C16H26N2O2/c1-18(13-8-17-9-14(13)19)15(20)16-5-10-2-11(6-16)4-12(3-10)7-16/h10-14,17,19H,2-9H2,1H3/t10?,11?,12?,13-,14-,16?/m0/s1. The molecule has 5 fully saturated rings. The van der Waals surface area contributed by atoms with Gasteiger partial charge in [-0.25, -0.2) is 0 Å². The summed E-state index contributed by atoms with van der Waals surface area (Å²) in [7, 11) is 1.90. The van der Waals surface area contributed by atoms with Crippen LogP contribution in [0.1, 0.15) is 38.5 Å². The first kappa shape index (κ1) is 13.1. The van der Waals surface area contributed by atoms with Crippen LogP contribution in [0.4, 0.5) is 0 Å². The van der Waals surface area contributed by atoms with Crippen LogP contribution in [0, 0.1) is 23.2 Å². The van der Waals surface area contributed by atoms with Gasteiger partial charge in [0.1, 0.15) is 0 Å². The van der Waals surface area contributed by atoms with Gasteiger partial charge in [-0.3, -0.25) is 4.79 Å². The van der Waals surface area contributed by atoms with Crippen molar-refractivity contribution in [3.63, 3.8) is 0 Å². The Bertz CT molecular complexity index is 387. The lowest BCUT2D eigenvalue weighted by Gasteiger charge is -2.56. The molecule has 5 aliphatic rings. The summed E-state index contributed by atoms with van der Waals surface area (Å²) in [5.74, 6) is 2.71. The summed E-state index contributed by atoms with van der Waals surface area (Å²) < 4.78 is 0. The van der Waals surface area contributed by atoms with Gasteiger partial charge in [0.05, 0.1) is 17.6 Å². The lowest BCUT2D eigenvalue weighted by atomic mass is 9.49. The van der Waals surface area contributed by atoms with Gasteiger partial charge in [0.2, 0.25) is 5.91 Å². The number of aliphatic hydroxyl groups excluding tert-OH is 1. The maximum Gasteiger partial charge on any atom is 0.228 e. The van der Waals surface area contributed by atoms with Crippen molar-refractivity contribution in [1.29, 1.82) is 0 Å². The summed E-state index contributed by atoms with van der Waals surface area (Å²) in [5.41, 5.74) is -0.0776. The van der Waals surface area contributed by atoms with E-state index in [1.165, 1.54) is 19.3 Å². The predicted octanol–water partition coefficient (Wildman–Crippen LogP) is 0.994. The molecule has 1 aliphatic heterocycles. The minimum absolute atomic E-state index is 0.0319. The predicted molar refractivity (Wildman–Crippen MR) is 76.0 cm³/mol. The molecule has 0 aromatic carbocycles. The van der Waals surface area contributed by atoms with Crippen LogP contribution in [0.5, 0.6) is 0 Å². The molecule has 0 radical (unpaired) electrons. The molecule has 4 heteroatoms. The van der Waals surface area contributed by atoms with E-state index in [1.54, 1.807) is 0 Å². The number of nitrogens with one attached hydrogen (secondary N) is 1. The summed E-state index contributed by atoms with van der Waals surface area (Å²) in [4.78, 5) is 15.0. The highest BCUT2D eigenvalue weighted by Gasteiger charge is 2.56. The Hall–Kier alpha value is -0.610. The molecule has 20 heavy (non-hydrogen) atoms. The molecule has 2 atom stereocenters. The average molecular weight is 278 g/mol. The summed E-state index contributed by atoms with van der Waals surface area (Å²) in [6.07, 6.45) is 7.02. The zero-order chi connectivity index (χ0) is 13.9. The molecule has 0 aromatic heterocycles. The van der Waals surface area contributed by atoms with E-state index < -0.39 is 6.10 Å². The molecular formula is C16H26N2O2. The van der Waals surface area contributed by atoms with Gasteiger partial charge in [-0.05, 0) is 56.3 Å². The van der Waals surface area contributed by atoms with Crippen molar-refractivity contribution in [3.05, 3.63) is 0 Å². The Morgan fingerprint density at radius 2 is 1.65 bits per heavy atom. The molecule has 4 nitrogen and oxygen atoms in total. The van der Waals surface area contributed by atoms with Gasteiger partial charge in [0.15, 0.2) is 0 Å². The molecular weight excluding hydrogens is 252 g/mol. The van der Waals surface area contributed by atoms with E-state index in [4.69, 9.17) is 0 Å². The molecule has 1 saturated heterocycles. The molecule has 1 heterocycles. The fourth-order valence-corrected chi connectivity index (χ4v) is 5.94. The number of aliphatic hydroxyl groups is 1. The lowest BCUT2D eigenvalue weighted by Crippen LogP contribution is -2.57. The van der Waals surface area contributed by atoms with Gasteiger partial charge in [-0.2, -0.15) is 0 Å². The molecule has 4 saturated carbocycles. The number of amides is 1. The molecule has 112 valence electrons. The first-order valence-electron chi connectivity index (χ1n) is 8.23. The molecule has 5 rings (SSSR count). The van der Waals surface area contributed by atoms with Gasteiger partial charge in [0.25, 0.3) is 0 Å². The molecule has 1 amide bonds. The third-order valence-electron chi connectivity index (χ3n) is 6.46. The number of likely N-dealkylation sites (N-methyl/N-ethyl adjacent to an activating group) is 1. The highest BCUT2D eigenvalue weighted by atomic mass is 16.3. The van der Waals surface area contributed by atoms with Crippen LogP contribution in [-0.4, -0.2) is 48.2 Å². The fourth-order valence-electron chi connectivity index (χ4n) is 5.94. The van der Waals surface area contributed by atoms with Crippen LogP contribution in [0.25, 0.3) is 0 Å². The van der Waals surface area contributed by atoms with Gasteiger partial charge < -0.3 is 15.3 Å². The summed E-state index contributed by atoms with van der Waals surface area (Å²) >= 11 is 0. The maximum absolute atomic E-state index is 13.1. The highest BCUT2D eigenvalue weighted by Crippen LogP contribution is 2.60. The Kier molecular flexibility index (Phi) is 2.90. The maximum atomic E-state index is 13.1. The molecule has 0 aromatic rings. The first-order valence-corrected chi connectivity index (χ1v) is 8.23. The zero-order valence-corrected chi connectivity index (χ0v) is 12.3. The van der Waals surface area contributed by atoms with E-state index in [0.29, 0.717) is 12.5 Å². The van der Waals surface area contributed by atoms with Crippen molar-refractivity contribution >= 4 is 5.91 Å². The third kappa shape index (κ3) is 1.84. The number of hydrogen-bond acceptors (Lipinski definition) is 3. The van der Waals surface area contributed by atoms with Gasteiger partial charge in [0, 0.05) is 20.1 Å². The van der Waals surface area contributed by atoms with Crippen LogP contribution in [0.2, 0.25) is 0 Å². The quantitative estimate of drug-likeness (QED) is 0.792. The van der Waals surface area contributed by atoms with E-state index in [2.05, 4.69) is 5.32 Å². The minimum atomic E-state index is -0.405. The highest BCUT2D eigenvalue weighted by molar-refractivity contribution is 5.83. The van der Waals surface area contributed by atoms with Crippen molar-refractivity contribution in [2.45, 2.75) is 50.7 Å². The number of hydrogen-bond donors (Lipinski definition) is 2. The lowest BCUT2D eigenvalue weighted by molar-refractivity contribution is -0.159. The van der Waals surface area contributed by atoms with E-state index in [9.17, 15) is 9.90 Å². The largest absolute Gasteiger partial charge is 0.390 e. The zero-order valence-electron chi connectivity index (χ0n) is 12.3. The second-order valence-electron chi connectivity index (χ2n) is 7.91. The smallest absolute Gasteiger partial charge is 0.228 e. The number of β-amino-alcohol motifs (C(OH)–C–C–N with tert-alkyl or cyclic N) is 1. The van der Waals surface area contributed by atoms with E-state index >= 15 is 0 Å². The van der Waals surface area contributed by atoms with Crippen LogP contribution in [0.15, 0.2) is 0 Å². The summed E-state index contributed by atoms with van der Waals surface area (Å²) in [5, 5.41) is 13.2. The average Bonchev–Trinajstić information content (AvgIpc) is 2.81. The number of carbonyl (C=O) groups excluding carboxylic acids is 1. The summed E-state index contributed by atoms with van der Waals surface area (Å²) in [6.45, 7) is 1.35. The normalized spacial score (nSPS) is 49.6. The summed E-state index contributed by atoms with van der Waals surface area (Å²) in [6, 6.07) is -0.0319. The SMILES string of the molecule is CN(C(=O)C12CC3CC(CC(C3)C1)C2)[C@H]1CNC[C@@H]1O. The fraction of sp³-hybridized carbons (Fsp3) is 0.938. The molecule has 4 bridgehead atoms. The topological polar surface area (TPSA) is 52.6 Å². The molecule has 4 aliphatic carbocycles. The monoisotopic (exact) mass is 278 g/mol. The minimum Gasteiger partial charge on any atom is -0.390 e. The Balaban J connectivity index is 1.55. The van der Waals surface area contributed by atoms with Crippen LogP contribution in [0.3, 0.4) is 0 Å². The van der Waals surface area contributed by atoms with E-state index in [0.717, 1.165) is 43.6 Å². The van der Waals surface area contributed by atoms with Crippen molar-refractivity contribution in [1.82, 2.24) is 10.2 Å². The third-order valence-corrected chi connectivity index (χ3v) is 6.46. The van der Waals surface area contributed by atoms with Crippen molar-refractivity contribution in [3.8, 4) is 0 Å². The van der Waals surface area contributed by atoms with E-state index in [-0.39, 0.29) is 11.5 Å². The van der Waals surface area contributed by atoms with Crippen LogP contribution in [-0.2, 0) is 4.79 Å². The Morgan fingerprint density at radius 3 is 2.10 bits per heavy atom. The molecule has 0 unspecified atom stereocenters. The van der Waals surface area contributed by atoms with Gasteiger partial charge in [-0.15, -0.1) is 0 Å². The second-order valence-corrected chi connectivity index (χ2v) is 7.91. The first-order chi connectivity index (χ1) is 9.57. The van der Waals surface area contributed by atoms with Gasteiger partial charge in [-0.1, -0.05) is 0 Å².